The number of para-hydroxylation sites is 2. The number of amides is 2. The first-order valence-electron chi connectivity index (χ1n) is 8.63. The van der Waals surface area contributed by atoms with Crippen molar-refractivity contribution in [2.75, 3.05) is 16.8 Å². The van der Waals surface area contributed by atoms with Crippen molar-refractivity contribution in [3.8, 4) is 0 Å². The molecule has 0 saturated carbocycles. The molecule has 0 fully saturated rings. The predicted octanol–water partition coefficient (Wildman–Crippen LogP) is 3.66. The lowest BCUT2D eigenvalue weighted by atomic mass is 9.96. The number of hydrogen-bond acceptors (Lipinski definition) is 4. The van der Waals surface area contributed by atoms with Gasteiger partial charge in [0, 0.05) is 11.1 Å². The van der Waals surface area contributed by atoms with Crippen LogP contribution in [0.2, 0.25) is 5.02 Å². The minimum absolute atomic E-state index is 0.313. The number of carbonyl (C=O) groups excluding carboxylic acids is 3. The Morgan fingerprint density at radius 3 is 2.68 bits per heavy atom. The molecule has 0 bridgehead atoms. The van der Waals surface area contributed by atoms with Gasteiger partial charge in [0.05, 0.1) is 11.4 Å². The lowest BCUT2D eigenvalue weighted by Gasteiger charge is -2.41. The molecule has 28 heavy (non-hydrogen) atoms. The molecule has 2 amide bonds. The molecule has 0 unspecified atom stereocenters. The summed E-state index contributed by atoms with van der Waals surface area (Å²) in [6.07, 6.45) is 2.77. The van der Waals surface area contributed by atoms with E-state index in [4.69, 9.17) is 16.3 Å². The second kappa shape index (κ2) is 7.86. The summed E-state index contributed by atoms with van der Waals surface area (Å²) in [5.41, 5.74) is 0.711. The van der Waals surface area contributed by atoms with Gasteiger partial charge in [-0.3, -0.25) is 14.5 Å². The van der Waals surface area contributed by atoms with Gasteiger partial charge in [-0.05, 0) is 49.8 Å². The molecule has 1 heterocycles. The van der Waals surface area contributed by atoms with E-state index in [-0.39, 0.29) is 5.91 Å². The average molecular weight is 399 g/mol. The van der Waals surface area contributed by atoms with Crippen LogP contribution in [0, 0.1) is 0 Å². The SMILES string of the molecule is CC1(C)C(=O)Nc2ccccc2N1C(=O)COC(=O)/C=C/c1cccc(Cl)c1. The Bertz CT molecular complexity index is 968. The molecule has 144 valence electrons. The lowest BCUT2D eigenvalue weighted by Crippen LogP contribution is -2.59. The van der Waals surface area contributed by atoms with Gasteiger partial charge in [-0.25, -0.2) is 4.79 Å². The molecule has 0 aromatic heterocycles. The number of benzene rings is 2. The average Bonchev–Trinajstić information content (AvgIpc) is 2.65. The summed E-state index contributed by atoms with van der Waals surface area (Å²) in [5.74, 6) is -1.47. The molecule has 0 aliphatic carbocycles. The van der Waals surface area contributed by atoms with Crippen LogP contribution in [-0.4, -0.2) is 29.9 Å². The van der Waals surface area contributed by atoms with Crippen molar-refractivity contribution in [1.29, 1.82) is 0 Å². The van der Waals surface area contributed by atoms with Crippen molar-refractivity contribution >= 4 is 46.8 Å². The minimum atomic E-state index is -1.12. The van der Waals surface area contributed by atoms with Crippen molar-refractivity contribution in [3.63, 3.8) is 0 Å². The Morgan fingerprint density at radius 2 is 1.93 bits per heavy atom. The van der Waals surface area contributed by atoms with E-state index >= 15 is 0 Å². The second-order valence-corrected chi connectivity index (χ2v) is 7.19. The maximum atomic E-state index is 12.8. The number of fused-ring (bicyclic) bond motifs is 1. The summed E-state index contributed by atoms with van der Waals surface area (Å²) < 4.78 is 5.07. The topological polar surface area (TPSA) is 75.7 Å². The zero-order valence-electron chi connectivity index (χ0n) is 15.4. The van der Waals surface area contributed by atoms with Crippen molar-refractivity contribution in [2.24, 2.45) is 0 Å². The van der Waals surface area contributed by atoms with E-state index in [1.807, 2.05) is 0 Å². The van der Waals surface area contributed by atoms with Crippen LogP contribution >= 0.6 is 11.6 Å². The largest absolute Gasteiger partial charge is 0.452 e. The summed E-state index contributed by atoms with van der Waals surface area (Å²) in [7, 11) is 0. The van der Waals surface area contributed by atoms with Crippen molar-refractivity contribution < 1.29 is 19.1 Å². The third-order valence-corrected chi connectivity index (χ3v) is 4.59. The zero-order valence-corrected chi connectivity index (χ0v) is 16.2. The first-order chi connectivity index (χ1) is 13.3. The van der Waals surface area contributed by atoms with Gasteiger partial charge in [0.1, 0.15) is 5.54 Å². The van der Waals surface area contributed by atoms with E-state index in [0.29, 0.717) is 16.4 Å². The van der Waals surface area contributed by atoms with Crippen LogP contribution in [0.25, 0.3) is 6.08 Å². The van der Waals surface area contributed by atoms with Crippen LogP contribution in [-0.2, 0) is 19.1 Å². The molecule has 6 nitrogen and oxygen atoms in total. The van der Waals surface area contributed by atoms with Gasteiger partial charge in [0.2, 0.25) is 5.91 Å². The third-order valence-electron chi connectivity index (χ3n) is 4.36. The Labute approximate surface area is 167 Å². The Kier molecular flexibility index (Phi) is 5.51. The van der Waals surface area contributed by atoms with Gasteiger partial charge >= 0.3 is 5.97 Å². The Morgan fingerprint density at radius 1 is 1.18 bits per heavy atom. The van der Waals surface area contributed by atoms with E-state index < -0.39 is 24.0 Å². The van der Waals surface area contributed by atoms with Gasteiger partial charge in [0.15, 0.2) is 6.61 Å². The van der Waals surface area contributed by atoms with E-state index in [1.165, 1.54) is 11.0 Å². The van der Waals surface area contributed by atoms with Crippen LogP contribution in [0.1, 0.15) is 19.4 Å². The molecule has 7 heteroatoms. The van der Waals surface area contributed by atoms with E-state index in [0.717, 1.165) is 5.56 Å². The quantitative estimate of drug-likeness (QED) is 0.630. The maximum absolute atomic E-state index is 12.8. The van der Waals surface area contributed by atoms with Crippen molar-refractivity contribution in [1.82, 2.24) is 0 Å². The summed E-state index contributed by atoms with van der Waals surface area (Å²) >= 11 is 5.90. The third kappa shape index (κ3) is 4.07. The summed E-state index contributed by atoms with van der Waals surface area (Å²) in [6, 6.07) is 13.9. The summed E-state index contributed by atoms with van der Waals surface area (Å²) in [4.78, 5) is 38.5. The van der Waals surface area contributed by atoms with Crippen molar-refractivity contribution in [2.45, 2.75) is 19.4 Å². The van der Waals surface area contributed by atoms with Gasteiger partial charge in [-0.1, -0.05) is 35.9 Å². The first-order valence-corrected chi connectivity index (χ1v) is 9.01. The molecule has 1 N–H and O–H groups in total. The molecular formula is C21H19ClN2O4. The van der Waals surface area contributed by atoms with Gasteiger partial charge in [-0.15, -0.1) is 0 Å². The van der Waals surface area contributed by atoms with E-state index in [9.17, 15) is 14.4 Å². The molecule has 3 rings (SSSR count). The van der Waals surface area contributed by atoms with Crippen molar-refractivity contribution in [3.05, 3.63) is 65.2 Å². The van der Waals surface area contributed by atoms with E-state index in [2.05, 4.69) is 5.32 Å². The molecule has 0 saturated heterocycles. The number of hydrogen-bond donors (Lipinski definition) is 1. The fourth-order valence-corrected chi connectivity index (χ4v) is 3.12. The Hall–Kier alpha value is -3.12. The normalized spacial score (nSPS) is 15.1. The van der Waals surface area contributed by atoms with Crippen LogP contribution in [0.3, 0.4) is 0 Å². The van der Waals surface area contributed by atoms with Gasteiger partial charge < -0.3 is 10.1 Å². The number of ether oxygens (including phenoxy) is 1. The molecule has 1 aliphatic rings. The molecular weight excluding hydrogens is 380 g/mol. The number of rotatable bonds is 4. The van der Waals surface area contributed by atoms with Gasteiger partial charge in [-0.2, -0.15) is 0 Å². The highest BCUT2D eigenvalue weighted by Gasteiger charge is 2.43. The van der Waals surface area contributed by atoms with Crippen LogP contribution in [0.5, 0.6) is 0 Å². The highest BCUT2D eigenvalue weighted by Crippen LogP contribution is 2.36. The monoisotopic (exact) mass is 398 g/mol. The zero-order chi connectivity index (χ0) is 20.3. The standard InChI is InChI=1S/C21H19ClN2O4/c1-21(2)20(27)23-16-8-3-4-9-17(16)24(21)18(25)13-28-19(26)11-10-14-6-5-7-15(22)12-14/h3-12H,13H2,1-2H3,(H,23,27)/b11-10+. The summed E-state index contributed by atoms with van der Waals surface area (Å²) in [6.45, 7) is 2.79. The fourth-order valence-electron chi connectivity index (χ4n) is 2.92. The number of anilines is 2. The predicted molar refractivity (Wildman–Crippen MR) is 108 cm³/mol. The molecule has 2 aromatic carbocycles. The molecule has 1 aliphatic heterocycles. The van der Waals surface area contributed by atoms with Gasteiger partial charge in [0.25, 0.3) is 5.91 Å². The minimum Gasteiger partial charge on any atom is -0.452 e. The molecule has 0 atom stereocenters. The highest BCUT2D eigenvalue weighted by molar-refractivity contribution is 6.30. The number of halogens is 1. The maximum Gasteiger partial charge on any atom is 0.331 e. The highest BCUT2D eigenvalue weighted by atomic mass is 35.5. The summed E-state index contributed by atoms with van der Waals surface area (Å²) in [5, 5.41) is 3.33. The molecule has 2 aromatic rings. The number of nitrogens with zero attached hydrogens (tertiary/aromatic N) is 1. The molecule has 0 spiro atoms. The second-order valence-electron chi connectivity index (χ2n) is 6.76. The lowest BCUT2D eigenvalue weighted by molar-refractivity contribution is -0.143. The number of nitrogens with one attached hydrogen (secondary N) is 1. The smallest absolute Gasteiger partial charge is 0.331 e. The Balaban J connectivity index is 1.70. The first kappa shape index (κ1) is 19.6. The van der Waals surface area contributed by atoms with Crippen LogP contribution in [0.15, 0.2) is 54.6 Å². The number of esters is 1. The van der Waals surface area contributed by atoms with E-state index in [1.54, 1.807) is 68.5 Å². The van der Waals surface area contributed by atoms with Crippen LogP contribution in [0.4, 0.5) is 11.4 Å². The molecule has 0 radical (unpaired) electrons. The fraction of sp³-hybridized carbons (Fsp3) is 0.190. The number of carbonyl (C=O) groups is 3. The van der Waals surface area contributed by atoms with Crippen LogP contribution < -0.4 is 10.2 Å².